The number of aromatic nitrogens is 2. The number of rotatable bonds is 2. The van der Waals surface area contributed by atoms with Gasteiger partial charge in [-0.3, -0.25) is 0 Å². The fourth-order valence-corrected chi connectivity index (χ4v) is 5.22. The number of benzene rings is 1. The molecule has 0 aliphatic carbocycles. The Kier molecular flexibility index (Phi) is 5.78. The molecule has 134 valence electrons. The lowest BCUT2D eigenvalue weighted by Gasteiger charge is -2.17. The largest absolute Gasteiger partial charge is 1.00 e. The van der Waals surface area contributed by atoms with Crippen LogP contribution in [0, 0.1) is 13.8 Å². The molecule has 4 nitrogen and oxygen atoms in total. The van der Waals surface area contributed by atoms with Gasteiger partial charge < -0.3 is 28.9 Å². The zero-order valence-corrected chi connectivity index (χ0v) is 18.5. The fourth-order valence-electron chi connectivity index (χ4n) is 3.07. The van der Waals surface area contributed by atoms with Gasteiger partial charge in [-0.05, 0) is 43.1 Å². The molecule has 7 heteroatoms. The third-order valence-corrected chi connectivity index (χ3v) is 6.30. The highest BCUT2D eigenvalue weighted by atomic mass is 127. The van der Waals surface area contributed by atoms with E-state index >= 15 is 0 Å². The number of carbonyl (C=O) groups excluding carboxylic acids is 1. The molecule has 0 amide bonds. The van der Waals surface area contributed by atoms with Crippen LogP contribution in [0.25, 0.3) is 0 Å². The first kappa shape index (κ1) is 19.4. The molecule has 3 heterocycles. The lowest BCUT2D eigenvalue weighted by Crippen LogP contribution is -3.00. The van der Waals surface area contributed by atoms with Gasteiger partial charge >= 0.3 is 11.1 Å². The number of para-hydroxylation sites is 1. The molecular formula is C19H18IN3OS2. The van der Waals surface area contributed by atoms with Crippen LogP contribution in [-0.4, -0.2) is 17.4 Å². The summed E-state index contributed by atoms with van der Waals surface area (Å²) in [6.07, 6.45) is 3.97. The van der Waals surface area contributed by atoms with E-state index in [2.05, 4.69) is 41.1 Å². The minimum atomic E-state index is 0. The molecule has 1 aromatic heterocycles. The monoisotopic (exact) mass is 495 g/mol. The van der Waals surface area contributed by atoms with E-state index in [9.17, 15) is 4.79 Å². The summed E-state index contributed by atoms with van der Waals surface area (Å²) in [6.45, 7) is 6.93. The van der Waals surface area contributed by atoms with Gasteiger partial charge in [-0.2, -0.15) is 4.57 Å². The average Bonchev–Trinajstić information content (AvgIpc) is 3.10. The van der Waals surface area contributed by atoms with Gasteiger partial charge in [0.05, 0.1) is 10.7 Å². The van der Waals surface area contributed by atoms with Crippen LogP contribution >= 0.6 is 23.5 Å². The summed E-state index contributed by atoms with van der Waals surface area (Å²) >= 11 is 3.18. The predicted molar refractivity (Wildman–Crippen MR) is 102 cm³/mol. The van der Waals surface area contributed by atoms with Crippen molar-refractivity contribution in [2.75, 3.05) is 11.4 Å². The SMILES string of the molecule is CCN1C(=CC=C2Sc3nc(C)cc(C)[n+]3C2=O)Sc2ccccc21.[I-]. The average molecular weight is 495 g/mol. The molecule has 0 spiro atoms. The van der Waals surface area contributed by atoms with E-state index < -0.39 is 0 Å². The first-order chi connectivity index (χ1) is 12.1. The smallest absolute Gasteiger partial charge is 0.372 e. The Labute approximate surface area is 178 Å². The first-order valence-corrected chi connectivity index (χ1v) is 9.81. The summed E-state index contributed by atoms with van der Waals surface area (Å²) in [7, 11) is 0. The van der Waals surface area contributed by atoms with Gasteiger partial charge in [-0.25, -0.2) is 4.79 Å². The van der Waals surface area contributed by atoms with Crippen LogP contribution in [0.2, 0.25) is 0 Å². The van der Waals surface area contributed by atoms with E-state index in [4.69, 9.17) is 0 Å². The molecule has 0 radical (unpaired) electrons. The number of hydrogen-bond donors (Lipinski definition) is 0. The number of anilines is 1. The van der Waals surface area contributed by atoms with Gasteiger partial charge in [0.25, 0.3) is 0 Å². The molecule has 0 fully saturated rings. The third-order valence-electron chi connectivity index (χ3n) is 4.18. The van der Waals surface area contributed by atoms with Crippen molar-refractivity contribution in [2.24, 2.45) is 0 Å². The minimum absolute atomic E-state index is 0. The van der Waals surface area contributed by atoms with Crippen molar-refractivity contribution in [3.05, 3.63) is 63.8 Å². The maximum Gasteiger partial charge on any atom is 0.372 e. The van der Waals surface area contributed by atoms with Crippen molar-refractivity contribution in [3.63, 3.8) is 0 Å². The molecule has 0 saturated heterocycles. The number of carbonyl (C=O) groups is 1. The Bertz CT molecular complexity index is 956. The molecule has 26 heavy (non-hydrogen) atoms. The zero-order valence-electron chi connectivity index (χ0n) is 14.7. The highest BCUT2D eigenvalue weighted by molar-refractivity contribution is 8.04. The summed E-state index contributed by atoms with van der Waals surface area (Å²) in [6, 6.07) is 10.3. The summed E-state index contributed by atoms with van der Waals surface area (Å²) in [5, 5.41) is 1.90. The minimum Gasteiger partial charge on any atom is -1.00 e. The molecule has 0 unspecified atom stereocenters. The summed E-state index contributed by atoms with van der Waals surface area (Å²) in [5.74, 6) is 0.00501. The lowest BCUT2D eigenvalue weighted by molar-refractivity contribution is -0.619. The van der Waals surface area contributed by atoms with Crippen molar-refractivity contribution in [3.8, 4) is 0 Å². The second-order valence-electron chi connectivity index (χ2n) is 5.91. The van der Waals surface area contributed by atoms with Crippen LogP contribution in [0.3, 0.4) is 0 Å². The zero-order chi connectivity index (χ0) is 17.6. The quantitative estimate of drug-likeness (QED) is 0.270. The molecular weight excluding hydrogens is 477 g/mol. The van der Waals surface area contributed by atoms with Crippen LogP contribution in [0.4, 0.5) is 5.69 Å². The normalized spacial score (nSPS) is 18.3. The molecule has 2 aliphatic heterocycles. The molecule has 2 aliphatic rings. The van der Waals surface area contributed by atoms with Crippen molar-refractivity contribution in [2.45, 2.75) is 30.8 Å². The number of nitrogens with zero attached hydrogens (tertiary/aromatic N) is 3. The highest BCUT2D eigenvalue weighted by Crippen LogP contribution is 2.45. The van der Waals surface area contributed by atoms with E-state index in [1.54, 1.807) is 16.3 Å². The lowest BCUT2D eigenvalue weighted by atomic mass is 10.3. The number of thioether (sulfide) groups is 2. The summed E-state index contributed by atoms with van der Waals surface area (Å²) in [4.78, 5) is 21.4. The molecule has 0 saturated carbocycles. The fraction of sp³-hybridized carbons (Fsp3) is 0.211. The van der Waals surface area contributed by atoms with E-state index in [0.717, 1.165) is 28.1 Å². The Balaban J connectivity index is 0.00000196. The molecule has 0 N–H and O–H groups in total. The number of aryl methyl sites for hydroxylation is 2. The maximum atomic E-state index is 12.7. The van der Waals surface area contributed by atoms with Crippen LogP contribution in [0.15, 0.2) is 62.5 Å². The number of halogens is 1. The Morgan fingerprint density at radius 3 is 2.73 bits per heavy atom. The molecule has 1 aromatic carbocycles. The molecule has 0 atom stereocenters. The summed E-state index contributed by atoms with van der Waals surface area (Å²) < 4.78 is 1.69. The van der Waals surface area contributed by atoms with E-state index in [1.165, 1.54) is 22.3 Å². The van der Waals surface area contributed by atoms with Gasteiger partial charge in [0.15, 0.2) is 5.69 Å². The predicted octanol–water partition coefficient (Wildman–Crippen LogP) is 1.09. The third kappa shape index (κ3) is 3.32. The van der Waals surface area contributed by atoms with Crippen molar-refractivity contribution >= 4 is 35.1 Å². The number of allylic oxidation sites excluding steroid dienone is 3. The van der Waals surface area contributed by atoms with Crippen molar-refractivity contribution in [1.29, 1.82) is 0 Å². The standard InChI is InChI=1S/C19H18N3OS2.HI/c1-4-21-14-7-5-6-8-15(14)24-17(21)10-9-16-18(23)22-13(3)11-12(2)20-19(22)25-16;/h5-11H,4H2,1-3H3;1H/q+1;/p-1. The second kappa shape index (κ2) is 7.74. The molecule has 4 rings (SSSR count). The Morgan fingerprint density at radius 2 is 1.96 bits per heavy atom. The van der Waals surface area contributed by atoms with Crippen LogP contribution in [-0.2, 0) is 0 Å². The maximum absolute atomic E-state index is 12.7. The Morgan fingerprint density at radius 1 is 1.19 bits per heavy atom. The van der Waals surface area contributed by atoms with Gasteiger partial charge in [-0.15, -0.1) is 0 Å². The van der Waals surface area contributed by atoms with Gasteiger partial charge in [0.1, 0.15) is 10.6 Å². The first-order valence-electron chi connectivity index (χ1n) is 8.17. The number of fused-ring (bicyclic) bond motifs is 2. The van der Waals surface area contributed by atoms with Crippen LogP contribution in [0.5, 0.6) is 0 Å². The summed E-state index contributed by atoms with van der Waals surface area (Å²) in [5.41, 5.74) is 3.09. The van der Waals surface area contributed by atoms with Crippen LogP contribution < -0.4 is 33.4 Å². The highest BCUT2D eigenvalue weighted by Gasteiger charge is 2.36. The Hall–Kier alpha value is -1.32. The van der Waals surface area contributed by atoms with Crippen molar-refractivity contribution < 1.29 is 33.3 Å². The van der Waals surface area contributed by atoms with Crippen LogP contribution in [0.1, 0.15) is 23.1 Å². The van der Waals surface area contributed by atoms with E-state index in [-0.39, 0.29) is 29.9 Å². The van der Waals surface area contributed by atoms with Gasteiger partial charge in [-0.1, -0.05) is 23.9 Å². The number of hydrogen-bond acceptors (Lipinski definition) is 5. The van der Waals surface area contributed by atoms with Crippen molar-refractivity contribution in [1.82, 2.24) is 4.98 Å². The second-order valence-corrected chi connectivity index (χ2v) is 7.99. The topological polar surface area (TPSA) is 37.1 Å². The van der Waals surface area contributed by atoms with E-state index in [1.807, 2.05) is 32.1 Å². The van der Waals surface area contributed by atoms with Gasteiger partial charge in [0, 0.05) is 36.2 Å². The molecule has 0 bridgehead atoms. The van der Waals surface area contributed by atoms with E-state index in [0.29, 0.717) is 4.91 Å². The molecule has 2 aromatic rings. The van der Waals surface area contributed by atoms with Gasteiger partial charge in [0.2, 0.25) is 0 Å².